The lowest BCUT2D eigenvalue weighted by Crippen LogP contribution is -2.43. The molecule has 1 fully saturated rings. The lowest BCUT2D eigenvalue weighted by molar-refractivity contribution is -0.0402. The number of nitrogens with two attached hydrogens (primary N) is 1. The first-order valence-electron chi connectivity index (χ1n) is 15.8. The number of ether oxygens (including phenoxy) is 1. The van der Waals surface area contributed by atoms with Gasteiger partial charge in [0, 0.05) is 31.6 Å². The number of oxazole rings is 1. The second-order valence-electron chi connectivity index (χ2n) is 13.9. The number of carbonyl (C=O) groups excluding carboxylic acids is 1. The van der Waals surface area contributed by atoms with Gasteiger partial charge in [-0.15, -0.1) is 0 Å². The van der Waals surface area contributed by atoms with Gasteiger partial charge < -0.3 is 19.8 Å². The minimum Gasteiger partial charge on any atom is -0.437 e. The summed E-state index contributed by atoms with van der Waals surface area (Å²) in [6.45, 7) is 11.6. The van der Waals surface area contributed by atoms with Crippen molar-refractivity contribution in [3.05, 3.63) is 95.9 Å². The monoisotopic (exact) mass is 659 g/mol. The molecule has 2 aromatic carbocycles. The Hall–Kier alpha value is -4.38. The summed E-state index contributed by atoms with van der Waals surface area (Å²) in [6, 6.07) is 23.4. The summed E-state index contributed by atoms with van der Waals surface area (Å²) in [5.41, 5.74) is 6.51. The van der Waals surface area contributed by atoms with Crippen molar-refractivity contribution in [2.75, 3.05) is 29.1 Å². The topological polar surface area (TPSA) is 132 Å². The summed E-state index contributed by atoms with van der Waals surface area (Å²) in [5, 5.41) is 0. The predicted octanol–water partition coefficient (Wildman–Crippen LogP) is 6.94. The van der Waals surface area contributed by atoms with E-state index in [1.807, 2.05) is 54.6 Å². The van der Waals surface area contributed by atoms with Crippen molar-refractivity contribution in [1.29, 1.82) is 0 Å². The third kappa shape index (κ3) is 7.78. The Bertz CT molecular complexity index is 1810. The zero-order valence-electron chi connectivity index (χ0n) is 28.2. The SMILES string of the molecule is C[C@H]1C[C@@H]1CN(Cc1ccccc1)c1cc(-c2ncc([C@](C)(OC(N)=O)C(c3ccccc3)C(C)(C)C)o2)cc(N(C)S(C)(=O)=O)n1. The van der Waals surface area contributed by atoms with Gasteiger partial charge in [0.2, 0.25) is 15.9 Å². The average Bonchev–Trinajstić information content (AvgIpc) is 3.45. The maximum Gasteiger partial charge on any atom is 0.405 e. The molecule has 0 spiro atoms. The lowest BCUT2D eigenvalue weighted by Gasteiger charge is -2.42. The molecule has 47 heavy (non-hydrogen) atoms. The number of carbonyl (C=O) groups is 1. The van der Waals surface area contributed by atoms with Crippen LogP contribution in [0.25, 0.3) is 11.5 Å². The zero-order valence-corrected chi connectivity index (χ0v) is 29.0. The molecule has 0 bridgehead atoms. The lowest BCUT2D eigenvalue weighted by atomic mass is 9.67. The van der Waals surface area contributed by atoms with Crippen molar-refractivity contribution < 1.29 is 22.4 Å². The number of benzene rings is 2. The quantitative estimate of drug-likeness (QED) is 0.173. The summed E-state index contributed by atoms with van der Waals surface area (Å²) in [7, 11) is -2.16. The number of anilines is 2. The van der Waals surface area contributed by atoms with Crippen LogP contribution >= 0.6 is 0 Å². The van der Waals surface area contributed by atoms with Crippen molar-refractivity contribution >= 4 is 27.8 Å². The zero-order chi connectivity index (χ0) is 34.1. The van der Waals surface area contributed by atoms with Crippen molar-refractivity contribution in [3.8, 4) is 11.5 Å². The van der Waals surface area contributed by atoms with Crippen molar-refractivity contribution in [3.63, 3.8) is 0 Å². The van der Waals surface area contributed by atoms with Crippen LogP contribution in [0.3, 0.4) is 0 Å². The van der Waals surface area contributed by atoms with Gasteiger partial charge in [-0.2, -0.15) is 0 Å². The second-order valence-corrected chi connectivity index (χ2v) is 15.9. The first kappa shape index (κ1) is 34.0. The van der Waals surface area contributed by atoms with E-state index < -0.39 is 27.1 Å². The van der Waals surface area contributed by atoms with Gasteiger partial charge in [-0.05, 0) is 53.9 Å². The highest BCUT2D eigenvalue weighted by Gasteiger charge is 2.49. The number of amides is 1. The molecule has 2 N–H and O–H groups in total. The van der Waals surface area contributed by atoms with Crippen LogP contribution in [0.5, 0.6) is 0 Å². The van der Waals surface area contributed by atoms with Gasteiger partial charge in [-0.3, -0.25) is 4.31 Å². The van der Waals surface area contributed by atoms with Crippen molar-refractivity contribution in [1.82, 2.24) is 9.97 Å². The van der Waals surface area contributed by atoms with Gasteiger partial charge in [0.05, 0.1) is 12.5 Å². The molecular weight excluding hydrogens is 614 g/mol. The highest BCUT2D eigenvalue weighted by molar-refractivity contribution is 7.92. The van der Waals surface area contributed by atoms with E-state index in [1.165, 1.54) is 7.05 Å². The van der Waals surface area contributed by atoms with Crippen LogP contribution in [0.1, 0.15) is 63.8 Å². The molecule has 5 rings (SSSR count). The van der Waals surface area contributed by atoms with Crippen molar-refractivity contribution in [2.45, 2.75) is 59.1 Å². The van der Waals surface area contributed by atoms with E-state index in [9.17, 15) is 13.2 Å². The Morgan fingerprint density at radius 2 is 1.64 bits per heavy atom. The summed E-state index contributed by atoms with van der Waals surface area (Å²) in [6.07, 6.45) is 2.87. The normalized spacial score (nSPS) is 18.2. The van der Waals surface area contributed by atoms with Gasteiger partial charge in [-0.1, -0.05) is 88.4 Å². The number of primary amides is 1. The molecule has 1 amide bonds. The molecular formula is C36H45N5O5S. The molecule has 0 radical (unpaired) electrons. The standard InChI is InChI=1S/C36H45N5O5S/c1-24-18-28(24)23-41(22-25-14-10-8-11-15-25)31-20-27(19-30(39-31)40(6)47(7,43)44)33-38-21-29(45-33)36(5,46-34(37)42)32(35(2,3)4)26-16-12-9-13-17-26/h8-17,19-21,24,28,32H,18,22-23H2,1-7H3,(H2,37,42)/t24-,28+,32?,36-/m0/s1. The molecule has 10 nitrogen and oxygen atoms in total. The molecule has 1 aliphatic carbocycles. The van der Waals surface area contributed by atoms with Crippen LogP contribution < -0.4 is 14.9 Å². The average molecular weight is 660 g/mol. The largest absolute Gasteiger partial charge is 0.437 e. The Balaban J connectivity index is 1.63. The third-order valence-electron chi connectivity index (χ3n) is 8.99. The smallest absolute Gasteiger partial charge is 0.405 e. The van der Waals surface area contributed by atoms with Gasteiger partial charge >= 0.3 is 6.09 Å². The molecule has 2 aromatic heterocycles. The van der Waals surface area contributed by atoms with E-state index in [4.69, 9.17) is 19.9 Å². The number of hydrogen-bond donors (Lipinski definition) is 1. The number of aromatic nitrogens is 2. The Morgan fingerprint density at radius 3 is 2.19 bits per heavy atom. The van der Waals surface area contributed by atoms with Crippen molar-refractivity contribution in [2.24, 2.45) is 23.0 Å². The fourth-order valence-corrected chi connectivity index (χ4v) is 6.92. The van der Waals surface area contributed by atoms with E-state index in [-0.39, 0.29) is 17.6 Å². The Labute approximate surface area is 278 Å². The number of hydrogen-bond acceptors (Lipinski definition) is 8. The summed E-state index contributed by atoms with van der Waals surface area (Å²) < 4.78 is 38.9. The summed E-state index contributed by atoms with van der Waals surface area (Å²) in [4.78, 5) is 24.0. The van der Waals surface area contributed by atoms with E-state index >= 15 is 0 Å². The number of pyridine rings is 1. The molecule has 2 heterocycles. The molecule has 11 heteroatoms. The highest BCUT2D eigenvalue weighted by Crippen LogP contribution is 2.50. The van der Waals surface area contributed by atoms with Crippen LogP contribution in [0.2, 0.25) is 0 Å². The van der Waals surface area contributed by atoms with Gasteiger partial charge in [0.1, 0.15) is 11.6 Å². The first-order valence-corrected chi connectivity index (χ1v) is 17.7. The van der Waals surface area contributed by atoms with E-state index in [2.05, 4.69) is 49.7 Å². The van der Waals surface area contributed by atoms with Gasteiger partial charge in [0.15, 0.2) is 11.4 Å². The number of nitrogens with zero attached hydrogens (tertiary/aromatic N) is 4. The minimum absolute atomic E-state index is 0.228. The maximum atomic E-state index is 12.7. The summed E-state index contributed by atoms with van der Waals surface area (Å²) in [5.74, 6) is 2.11. The van der Waals surface area contributed by atoms with E-state index in [0.29, 0.717) is 35.5 Å². The van der Waals surface area contributed by atoms with Crippen LogP contribution in [0, 0.1) is 17.3 Å². The molecule has 250 valence electrons. The molecule has 4 atom stereocenters. The van der Waals surface area contributed by atoms with Crippen LogP contribution in [-0.4, -0.2) is 44.3 Å². The highest BCUT2D eigenvalue weighted by atomic mass is 32.2. The van der Waals surface area contributed by atoms with E-state index in [1.54, 1.807) is 19.2 Å². The van der Waals surface area contributed by atoms with Gasteiger partial charge in [-0.25, -0.2) is 23.2 Å². The van der Waals surface area contributed by atoms with Gasteiger partial charge in [0.25, 0.3) is 0 Å². The molecule has 0 aliphatic heterocycles. The minimum atomic E-state index is -3.64. The fourth-order valence-electron chi connectivity index (χ4n) is 6.49. The molecule has 1 saturated carbocycles. The molecule has 0 saturated heterocycles. The Morgan fingerprint density at radius 1 is 1.04 bits per heavy atom. The Kier molecular flexibility index (Phi) is 9.41. The van der Waals surface area contributed by atoms with E-state index in [0.717, 1.165) is 34.7 Å². The number of rotatable bonds is 12. The first-order chi connectivity index (χ1) is 22.1. The molecule has 4 aromatic rings. The van der Waals surface area contributed by atoms with Crippen LogP contribution in [0.15, 0.2) is 83.4 Å². The maximum absolute atomic E-state index is 12.7. The fraction of sp³-hybridized carbons (Fsp3) is 0.417. The molecule has 1 aliphatic rings. The predicted molar refractivity (Wildman–Crippen MR) is 184 cm³/mol. The third-order valence-corrected chi connectivity index (χ3v) is 10.2. The van der Waals surface area contributed by atoms with Crippen LogP contribution in [-0.2, 0) is 26.9 Å². The molecule has 1 unspecified atom stereocenters. The summed E-state index contributed by atoms with van der Waals surface area (Å²) >= 11 is 0. The second kappa shape index (κ2) is 13.0. The number of sulfonamides is 1. The van der Waals surface area contributed by atoms with Crippen LogP contribution in [0.4, 0.5) is 16.4 Å².